The van der Waals surface area contributed by atoms with Gasteiger partial charge in [0.05, 0.1) is 6.61 Å². The summed E-state index contributed by atoms with van der Waals surface area (Å²) in [5.74, 6) is 0.426. The molecule has 2 aromatic rings. The number of benzene rings is 2. The number of carbonyl (C=O) groups is 2. The van der Waals surface area contributed by atoms with Crippen molar-refractivity contribution in [3.63, 3.8) is 0 Å². The molecule has 162 valence electrons. The SMILES string of the molecule is CC(C)NC(=O)[C@H](C)N(Cc1ccc(Cl)cc1)C(=O)CCCOc1ccc(Cl)cc1. The van der Waals surface area contributed by atoms with E-state index >= 15 is 0 Å². The maximum Gasteiger partial charge on any atom is 0.242 e. The van der Waals surface area contributed by atoms with Crippen LogP contribution in [0.1, 0.15) is 39.2 Å². The first-order valence-corrected chi connectivity index (χ1v) is 10.7. The standard InChI is InChI=1S/C23H28Cl2N2O3/c1-16(2)26-23(29)17(3)27(15-18-6-8-19(24)9-7-18)22(28)5-4-14-30-21-12-10-20(25)11-13-21/h6-13,16-17H,4-5,14-15H2,1-3H3,(H,26,29)/t17-/m0/s1. The Balaban J connectivity index is 1.98. The molecule has 2 aromatic carbocycles. The molecule has 30 heavy (non-hydrogen) atoms. The molecule has 0 saturated carbocycles. The lowest BCUT2D eigenvalue weighted by molar-refractivity contribution is -0.141. The summed E-state index contributed by atoms with van der Waals surface area (Å²) in [6.07, 6.45) is 0.817. The van der Waals surface area contributed by atoms with Crippen molar-refractivity contribution in [1.82, 2.24) is 10.2 Å². The van der Waals surface area contributed by atoms with Crippen LogP contribution in [-0.2, 0) is 16.1 Å². The van der Waals surface area contributed by atoms with Gasteiger partial charge in [0.1, 0.15) is 11.8 Å². The van der Waals surface area contributed by atoms with Crippen molar-refractivity contribution >= 4 is 35.0 Å². The summed E-state index contributed by atoms with van der Waals surface area (Å²) in [4.78, 5) is 27.1. The Kier molecular flexibility index (Phi) is 9.47. The van der Waals surface area contributed by atoms with Gasteiger partial charge in [-0.05, 0) is 69.2 Å². The van der Waals surface area contributed by atoms with Crippen LogP contribution in [-0.4, -0.2) is 35.4 Å². The summed E-state index contributed by atoms with van der Waals surface area (Å²) in [6, 6.07) is 13.8. The molecule has 0 radical (unpaired) electrons. The minimum absolute atomic E-state index is 0.000194. The van der Waals surface area contributed by atoms with Gasteiger partial charge in [-0.25, -0.2) is 0 Å². The summed E-state index contributed by atoms with van der Waals surface area (Å²) >= 11 is 11.8. The second-order valence-electron chi connectivity index (χ2n) is 7.39. The summed E-state index contributed by atoms with van der Waals surface area (Å²) in [5, 5.41) is 4.15. The lowest BCUT2D eigenvalue weighted by atomic mass is 10.1. The van der Waals surface area contributed by atoms with Crippen molar-refractivity contribution in [3.05, 3.63) is 64.1 Å². The van der Waals surface area contributed by atoms with Gasteiger partial charge in [0.15, 0.2) is 0 Å². The average Bonchev–Trinajstić information content (AvgIpc) is 2.71. The predicted octanol–water partition coefficient (Wildman–Crippen LogP) is 5.09. The highest BCUT2D eigenvalue weighted by Crippen LogP contribution is 2.17. The van der Waals surface area contributed by atoms with Crippen LogP contribution < -0.4 is 10.1 Å². The van der Waals surface area contributed by atoms with E-state index in [0.29, 0.717) is 35.4 Å². The second kappa shape index (κ2) is 11.8. The molecule has 2 rings (SSSR count). The number of amides is 2. The van der Waals surface area contributed by atoms with Gasteiger partial charge in [-0.2, -0.15) is 0 Å². The molecule has 0 aliphatic rings. The lowest BCUT2D eigenvalue weighted by Crippen LogP contribution is -2.49. The molecule has 2 amide bonds. The van der Waals surface area contributed by atoms with E-state index in [4.69, 9.17) is 27.9 Å². The van der Waals surface area contributed by atoms with Gasteiger partial charge < -0.3 is 15.0 Å². The number of hydrogen-bond acceptors (Lipinski definition) is 3. The van der Waals surface area contributed by atoms with Gasteiger partial charge in [-0.3, -0.25) is 9.59 Å². The minimum atomic E-state index is -0.590. The van der Waals surface area contributed by atoms with Gasteiger partial charge in [0.25, 0.3) is 0 Å². The third kappa shape index (κ3) is 7.88. The highest BCUT2D eigenvalue weighted by molar-refractivity contribution is 6.30. The molecule has 1 N–H and O–H groups in total. The zero-order chi connectivity index (χ0) is 22.1. The summed E-state index contributed by atoms with van der Waals surface area (Å²) in [6.45, 7) is 6.26. The molecule has 7 heteroatoms. The van der Waals surface area contributed by atoms with Crippen molar-refractivity contribution in [1.29, 1.82) is 0 Å². The third-order valence-electron chi connectivity index (χ3n) is 4.48. The van der Waals surface area contributed by atoms with Gasteiger partial charge >= 0.3 is 0 Å². The first-order valence-electron chi connectivity index (χ1n) is 9.99. The number of ether oxygens (including phenoxy) is 1. The van der Waals surface area contributed by atoms with Gasteiger partial charge in [-0.1, -0.05) is 35.3 Å². The molecule has 0 heterocycles. The number of rotatable bonds is 10. The van der Waals surface area contributed by atoms with Crippen LogP contribution >= 0.6 is 23.2 Å². The Labute approximate surface area is 188 Å². The number of halogens is 2. The highest BCUT2D eigenvalue weighted by Gasteiger charge is 2.26. The highest BCUT2D eigenvalue weighted by atomic mass is 35.5. The Bertz CT molecular complexity index is 823. The molecule has 0 aliphatic heterocycles. The first kappa shape index (κ1) is 24.0. The monoisotopic (exact) mass is 450 g/mol. The first-order chi connectivity index (χ1) is 14.3. The number of carbonyl (C=O) groups excluding carboxylic acids is 2. The van der Waals surface area contributed by atoms with Crippen LogP contribution in [0.3, 0.4) is 0 Å². The fourth-order valence-corrected chi connectivity index (χ4v) is 3.11. The van der Waals surface area contributed by atoms with Gasteiger partial charge in [0.2, 0.25) is 11.8 Å². The Morgan fingerprint density at radius 2 is 1.53 bits per heavy atom. The van der Waals surface area contributed by atoms with E-state index in [2.05, 4.69) is 5.32 Å². The van der Waals surface area contributed by atoms with Crippen LogP contribution in [0.5, 0.6) is 5.75 Å². The zero-order valence-electron chi connectivity index (χ0n) is 17.5. The molecule has 0 spiro atoms. The number of hydrogen-bond donors (Lipinski definition) is 1. The maximum absolute atomic E-state index is 12.9. The summed E-state index contributed by atoms with van der Waals surface area (Å²) in [5.41, 5.74) is 0.911. The zero-order valence-corrected chi connectivity index (χ0v) is 19.0. The third-order valence-corrected chi connectivity index (χ3v) is 4.99. The summed E-state index contributed by atoms with van der Waals surface area (Å²) in [7, 11) is 0. The van der Waals surface area contributed by atoms with Crippen molar-refractivity contribution in [3.8, 4) is 5.75 Å². The molecule has 1 atom stereocenters. The van der Waals surface area contributed by atoms with Crippen LogP contribution in [0, 0.1) is 0 Å². The van der Waals surface area contributed by atoms with E-state index in [1.807, 2.05) is 26.0 Å². The van der Waals surface area contributed by atoms with Crippen molar-refractivity contribution in [2.45, 2.75) is 52.2 Å². The lowest BCUT2D eigenvalue weighted by Gasteiger charge is -2.29. The van der Waals surface area contributed by atoms with Crippen LogP contribution in [0.2, 0.25) is 10.0 Å². The Morgan fingerprint density at radius 1 is 0.967 bits per heavy atom. The van der Waals surface area contributed by atoms with Crippen LogP contribution in [0.25, 0.3) is 0 Å². The van der Waals surface area contributed by atoms with Crippen molar-refractivity contribution in [2.24, 2.45) is 0 Å². The van der Waals surface area contributed by atoms with Gasteiger partial charge in [-0.15, -0.1) is 0 Å². The molecule has 5 nitrogen and oxygen atoms in total. The smallest absolute Gasteiger partial charge is 0.242 e. The molecule has 0 aliphatic carbocycles. The Hall–Kier alpha value is -2.24. The summed E-state index contributed by atoms with van der Waals surface area (Å²) < 4.78 is 5.66. The fraction of sp³-hybridized carbons (Fsp3) is 0.391. The van der Waals surface area contributed by atoms with E-state index in [0.717, 1.165) is 5.56 Å². The van der Waals surface area contributed by atoms with E-state index in [1.54, 1.807) is 48.2 Å². The Morgan fingerprint density at radius 3 is 2.10 bits per heavy atom. The fourth-order valence-electron chi connectivity index (χ4n) is 2.86. The van der Waals surface area contributed by atoms with E-state index in [-0.39, 0.29) is 24.3 Å². The molecule has 0 aromatic heterocycles. The largest absolute Gasteiger partial charge is 0.494 e. The molecular weight excluding hydrogens is 423 g/mol. The molecule has 0 fully saturated rings. The quantitative estimate of drug-likeness (QED) is 0.512. The number of nitrogens with one attached hydrogen (secondary N) is 1. The normalized spacial score (nSPS) is 11.8. The van der Waals surface area contributed by atoms with E-state index in [9.17, 15) is 9.59 Å². The van der Waals surface area contributed by atoms with Crippen molar-refractivity contribution < 1.29 is 14.3 Å². The predicted molar refractivity (Wildman–Crippen MR) is 121 cm³/mol. The second-order valence-corrected chi connectivity index (χ2v) is 8.27. The van der Waals surface area contributed by atoms with Crippen LogP contribution in [0.15, 0.2) is 48.5 Å². The maximum atomic E-state index is 12.9. The topological polar surface area (TPSA) is 58.6 Å². The molecule has 0 bridgehead atoms. The van der Waals surface area contributed by atoms with Gasteiger partial charge in [0, 0.05) is 29.1 Å². The van der Waals surface area contributed by atoms with Crippen LogP contribution in [0.4, 0.5) is 0 Å². The molecule has 0 saturated heterocycles. The number of nitrogens with zero attached hydrogens (tertiary/aromatic N) is 1. The minimum Gasteiger partial charge on any atom is -0.494 e. The van der Waals surface area contributed by atoms with Crippen molar-refractivity contribution in [2.75, 3.05) is 6.61 Å². The molecular formula is C23H28Cl2N2O3. The average molecular weight is 451 g/mol. The molecule has 0 unspecified atom stereocenters. The van der Waals surface area contributed by atoms with E-state index < -0.39 is 6.04 Å². The van der Waals surface area contributed by atoms with E-state index in [1.165, 1.54) is 0 Å².